The van der Waals surface area contributed by atoms with E-state index in [4.69, 9.17) is 23.2 Å². The predicted molar refractivity (Wildman–Crippen MR) is 169 cm³/mol. The van der Waals surface area contributed by atoms with Crippen molar-refractivity contribution in [2.45, 2.75) is 10.1 Å². The molecule has 5 aromatic rings. The number of amides is 2. The average molecular weight is 635 g/mol. The van der Waals surface area contributed by atoms with Crippen molar-refractivity contribution in [1.29, 1.82) is 0 Å². The van der Waals surface area contributed by atoms with Crippen LogP contribution in [0.25, 0.3) is 11.3 Å². The maximum absolute atomic E-state index is 13.5. The van der Waals surface area contributed by atoms with Crippen molar-refractivity contribution in [3.8, 4) is 11.3 Å². The standard InChI is InChI=1S/C31H21Cl2N3O4S2/c32-24-15-10-19(16-25(24)33)26-17-41-31(35-26)36-29(38)27(18-6-2-1-3-7-18)42-21-13-11-20(12-14-21)34-28(37)22-8-4-5-9-23(22)30(39)40/h1-17,27H,(H,34,37)(H,39,40)(H,35,36,38). The Morgan fingerprint density at radius 1 is 0.810 bits per heavy atom. The SMILES string of the molecule is O=C(O)c1ccccc1C(=O)Nc1ccc(SC(C(=O)Nc2nc(-c3ccc(Cl)c(Cl)c3)cs2)c2ccccc2)cc1. The molecule has 0 saturated carbocycles. The third-order valence-corrected chi connectivity index (χ3v) is 8.82. The fraction of sp³-hybridized carbons (Fsp3) is 0.0323. The summed E-state index contributed by atoms with van der Waals surface area (Å²) < 4.78 is 0. The Morgan fingerprint density at radius 3 is 2.19 bits per heavy atom. The predicted octanol–water partition coefficient (Wildman–Crippen LogP) is 8.54. The summed E-state index contributed by atoms with van der Waals surface area (Å²) in [6.07, 6.45) is 0. The zero-order valence-corrected chi connectivity index (χ0v) is 24.7. The van der Waals surface area contributed by atoms with Crippen LogP contribution in [-0.4, -0.2) is 27.9 Å². The van der Waals surface area contributed by atoms with Crippen LogP contribution in [0.3, 0.4) is 0 Å². The van der Waals surface area contributed by atoms with Crippen LogP contribution < -0.4 is 10.6 Å². The fourth-order valence-corrected chi connectivity index (χ4v) is 6.06. The molecular formula is C31H21Cl2N3O4S2. The number of hydrogen-bond acceptors (Lipinski definition) is 6. The van der Waals surface area contributed by atoms with E-state index < -0.39 is 17.1 Å². The zero-order valence-electron chi connectivity index (χ0n) is 21.6. The number of rotatable bonds is 9. The van der Waals surface area contributed by atoms with Crippen molar-refractivity contribution in [1.82, 2.24) is 4.98 Å². The molecule has 0 fully saturated rings. The molecule has 0 aliphatic rings. The van der Waals surface area contributed by atoms with E-state index in [9.17, 15) is 19.5 Å². The van der Waals surface area contributed by atoms with Crippen LogP contribution in [0.15, 0.2) is 107 Å². The second-order valence-electron chi connectivity index (χ2n) is 8.89. The van der Waals surface area contributed by atoms with Crippen LogP contribution >= 0.6 is 46.3 Å². The Labute approximate surface area is 259 Å². The van der Waals surface area contributed by atoms with Gasteiger partial charge in [0.05, 0.1) is 26.9 Å². The first kappa shape index (κ1) is 29.3. The molecule has 2 amide bonds. The molecular weight excluding hydrogens is 613 g/mol. The number of nitrogens with one attached hydrogen (secondary N) is 2. The lowest BCUT2D eigenvalue weighted by molar-refractivity contribution is -0.115. The molecule has 0 saturated heterocycles. The third kappa shape index (κ3) is 7.00. The van der Waals surface area contributed by atoms with Gasteiger partial charge >= 0.3 is 5.97 Å². The van der Waals surface area contributed by atoms with E-state index in [1.54, 1.807) is 48.5 Å². The molecule has 0 aliphatic carbocycles. The molecule has 1 unspecified atom stereocenters. The van der Waals surface area contributed by atoms with E-state index in [1.165, 1.54) is 35.2 Å². The molecule has 0 bridgehead atoms. The van der Waals surface area contributed by atoms with Crippen molar-refractivity contribution < 1.29 is 19.5 Å². The van der Waals surface area contributed by atoms with E-state index >= 15 is 0 Å². The third-order valence-electron chi connectivity index (χ3n) is 6.06. The summed E-state index contributed by atoms with van der Waals surface area (Å²) in [6, 6.07) is 27.6. The summed E-state index contributed by atoms with van der Waals surface area (Å²) in [5.74, 6) is -1.95. The summed E-state index contributed by atoms with van der Waals surface area (Å²) >= 11 is 14.8. The first-order valence-corrected chi connectivity index (χ1v) is 15.0. The van der Waals surface area contributed by atoms with Crippen molar-refractivity contribution in [2.75, 3.05) is 10.6 Å². The van der Waals surface area contributed by atoms with Gasteiger partial charge in [-0.05, 0) is 54.1 Å². The van der Waals surface area contributed by atoms with Gasteiger partial charge in [-0.25, -0.2) is 9.78 Å². The summed E-state index contributed by atoms with van der Waals surface area (Å²) in [4.78, 5) is 43.1. The normalized spacial score (nSPS) is 11.5. The number of thiazole rings is 1. The number of carbonyl (C=O) groups is 3. The summed E-state index contributed by atoms with van der Waals surface area (Å²) in [5.41, 5.74) is 2.74. The first-order chi connectivity index (χ1) is 20.3. The molecule has 7 nitrogen and oxygen atoms in total. The number of aromatic nitrogens is 1. The quantitative estimate of drug-likeness (QED) is 0.140. The van der Waals surface area contributed by atoms with Gasteiger partial charge in [0.1, 0.15) is 5.25 Å². The summed E-state index contributed by atoms with van der Waals surface area (Å²) in [7, 11) is 0. The van der Waals surface area contributed by atoms with Gasteiger partial charge in [0.2, 0.25) is 5.91 Å². The van der Waals surface area contributed by atoms with Crippen molar-refractivity contribution in [2.24, 2.45) is 0 Å². The summed E-state index contributed by atoms with van der Waals surface area (Å²) in [6.45, 7) is 0. The highest BCUT2D eigenvalue weighted by Crippen LogP contribution is 2.37. The molecule has 1 aromatic heterocycles. The molecule has 0 spiro atoms. The van der Waals surface area contributed by atoms with Crippen LogP contribution in [0, 0.1) is 0 Å². The van der Waals surface area contributed by atoms with E-state index in [2.05, 4.69) is 15.6 Å². The molecule has 1 heterocycles. The number of carboxylic acid groups (broad SMARTS) is 1. The molecule has 4 aromatic carbocycles. The average Bonchev–Trinajstić information content (AvgIpc) is 3.46. The molecule has 0 radical (unpaired) electrons. The minimum atomic E-state index is -1.18. The number of carboxylic acids is 1. The van der Waals surface area contributed by atoms with Crippen LogP contribution in [0.2, 0.25) is 10.0 Å². The van der Waals surface area contributed by atoms with E-state index in [0.29, 0.717) is 26.6 Å². The van der Waals surface area contributed by atoms with Crippen molar-refractivity contribution in [3.05, 3.63) is 129 Å². The topological polar surface area (TPSA) is 108 Å². The molecule has 0 aliphatic heterocycles. The lowest BCUT2D eigenvalue weighted by Gasteiger charge is -2.16. The number of carbonyl (C=O) groups excluding carboxylic acids is 2. The zero-order chi connectivity index (χ0) is 29.6. The van der Waals surface area contributed by atoms with Gasteiger partial charge in [-0.1, -0.05) is 71.7 Å². The molecule has 3 N–H and O–H groups in total. The minimum Gasteiger partial charge on any atom is -0.478 e. The fourth-order valence-electron chi connectivity index (χ4n) is 4.01. The second kappa shape index (κ2) is 13.2. The number of thioether (sulfide) groups is 1. The van der Waals surface area contributed by atoms with Gasteiger partial charge in [-0.2, -0.15) is 0 Å². The lowest BCUT2D eigenvalue weighted by atomic mass is 10.1. The van der Waals surface area contributed by atoms with Gasteiger partial charge in [-0.3, -0.25) is 9.59 Å². The highest BCUT2D eigenvalue weighted by atomic mass is 35.5. The lowest BCUT2D eigenvalue weighted by Crippen LogP contribution is -2.19. The van der Waals surface area contributed by atoms with Gasteiger partial charge in [0.15, 0.2) is 5.13 Å². The molecule has 5 rings (SSSR count). The Hall–Kier alpha value is -4.15. The van der Waals surface area contributed by atoms with Gasteiger partial charge in [0.25, 0.3) is 5.91 Å². The van der Waals surface area contributed by atoms with Crippen LogP contribution in [-0.2, 0) is 4.79 Å². The number of halogens is 2. The Balaban J connectivity index is 1.30. The maximum atomic E-state index is 13.5. The highest BCUT2D eigenvalue weighted by molar-refractivity contribution is 8.00. The van der Waals surface area contributed by atoms with Gasteiger partial charge in [0, 0.05) is 21.5 Å². The van der Waals surface area contributed by atoms with Gasteiger partial charge in [-0.15, -0.1) is 23.1 Å². The summed E-state index contributed by atoms with van der Waals surface area (Å²) in [5, 5.41) is 17.6. The van der Waals surface area contributed by atoms with Crippen molar-refractivity contribution in [3.63, 3.8) is 0 Å². The van der Waals surface area contributed by atoms with Crippen LogP contribution in [0.5, 0.6) is 0 Å². The highest BCUT2D eigenvalue weighted by Gasteiger charge is 2.23. The number of aromatic carboxylic acids is 1. The van der Waals surface area contributed by atoms with E-state index in [0.717, 1.165) is 16.0 Å². The number of nitrogens with zero attached hydrogens (tertiary/aromatic N) is 1. The smallest absolute Gasteiger partial charge is 0.336 e. The number of benzene rings is 4. The largest absolute Gasteiger partial charge is 0.478 e. The molecule has 11 heteroatoms. The molecule has 42 heavy (non-hydrogen) atoms. The van der Waals surface area contributed by atoms with Crippen LogP contribution in [0.1, 0.15) is 31.5 Å². The van der Waals surface area contributed by atoms with Crippen LogP contribution in [0.4, 0.5) is 10.8 Å². The number of anilines is 2. The van der Waals surface area contributed by atoms with Gasteiger partial charge < -0.3 is 15.7 Å². The van der Waals surface area contributed by atoms with E-state index in [1.807, 2.05) is 41.8 Å². The second-order valence-corrected chi connectivity index (χ2v) is 11.7. The number of hydrogen-bond donors (Lipinski definition) is 3. The Kier molecular flexibility index (Phi) is 9.24. The maximum Gasteiger partial charge on any atom is 0.336 e. The molecule has 1 atom stereocenters. The molecule has 210 valence electrons. The Bertz CT molecular complexity index is 1760. The van der Waals surface area contributed by atoms with Crippen molar-refractivity contribution >= 4 is 74.9 Å². The Morgan fingerprint density at radius 2 is 1.50 bits per heavy atom. The van der Waals surface area contributed by atoms with E-state index in [-0.39, 0.29) is 17.0 Å². The monoisotopic (exact) mass is 633 g/mol. The first-order valence-electron chi connectivity index (χ1n) is 12.5. The minimum absolute atomic E-state index is 0.0637.